The van der Waals surface area contributed by atoms with Crippen molar-refractivity contribution in [2.24, 2.45) is 0 Å². The molecule has 2 aromatic carbocycles. The summed E-state index contributed by atoms with van der Waals surface area (Å²) in [6.45, 7) is 1.96. The second-order valence-electron chi connectivity index (χ2n) is 4.37. The Morgan fingerprint density at radius 1 is 1.26 bits per heavy atom. The normalized spacial score (nSPS) is 10.2. The summed E-state index contributed by atoms with van der Waals surface area (Å²) in [7, 11) is 0. The average Bonchev–Trinajstić information content (AvgIpc) is 2.29. The van der Waals surface area contributed by atoms with E-state index in [1.165, 1.54) is 0 Å². The van der Waals surface area contributed by atoms with Crippen molar-refractivity contribution in [2.45, 2.75) is 13.3 Å². The number of hydrogen-bond donors (Lipinski definition) is 2. The molecule has 2 rings (SSSR count). The van der Waals surface area contributed by atoms with Crippen LogP contribution >= 0.6 is 11.6 Å². The third-order valence-electron chi connectivity index (χ3n) is 2.68. The second kappa shape index (κ2) is 5.76. The van der Waals surface area contributed by atoms with E-state index in [0.717, 1.165) is 22.5 Å². The third-order valence-corrected chi connectivity index (χ3v) is 2.90. The molecule has 0 aliphatic heterocycles. The number of hydrogen-bond acceptors (Lipinski definition) is 2. The van der Waals surface area contributed by atoms with Crippen molar-refractivity contribution >= 4 is 28.9 Å². The van der Waals surface area contributed by atoms with Crippen molar-refractivity contribution in [3.8, 4) is 0 Å². The van der Waals surface area contributed by atoms with Crippen LogP contribution in [0.1, 0.15) is 11.1 Å². The largest absolute Gasteiger partial charge is 0.481 e. The maximum absolute atomic E-state index is 10.8. The highest BCUT2D eigenvalue weighted by atomic mass is 35.5. The van der Waals surface area contributed by atoms with Gasteiger partial charge >= 0.3 is 5.97 Å². The van der Waals surface area contributed by atoms with Gasteiger partial charge in [-0.05, 0) is 42.3 Å². The molecule has 0 amide bonds. The van der Waals surface area contributed by atoms with E-state index in [0.29, 0.717) is 5.02 Å². The molecule has 0 aromatic heterocycles. The number of carbonyl (C=O) groups is 1. The fraction of sp³-hybridized carbons (Fsp3) is 0.133. The molecule has 0 fully saturated rings. The molecule has 0 radical (unpaired) electrons. The molecule has 0 saturated carbocycles. The van der Waals surface area contributed by atoms with Gasteiger partial charge in [0.2, 0.25) is 0 Å². The van der Waals surface area contributed by atoms with Crippen molar-refractivity contribution < 1.29 is 9.90 Å². The quantitative estimate of drug-likeness (QED) is 0.886. The van der Waals surface area contributed by atoms with Crippen LogP contribution in [0.25, 0.3) is 0 Å². The Balaban J connectivity index is 2.29. The third kappa shape index (κ3) is 3.73. The van der Waals surface area contributed by atoms with Gasteiger partial charge in [-0.1, -0.05) is 29.8 Å². The van der Waals surface area contributed by atoms with Gasteiger partial charge in [0.05, 0.1) is 6.42 Å². The summed E-state index contributed by atoms with van der Waals surface area (Å²) >= 11 is 6.01. The van der Waals surface area contributed by atoms with E-state index in [4.69, 9.17) is 16.7 Å². The number of aryl methyl sites for hydroxylation is 1. The maximum Gasteiger partial charge on any atom is 0.307 e. The Morgan fingerprint density at radius 3 is 2.68 bits per heavy atom. The van der Waals surface area contributed by atoms with Crippen LogP contribution in [0.15, 0.2) is 42.5 Å². The molecular formula is C15H14ClNO2. The van der Waals surface area contributed by atoms with Crippen molar-refractivity contribution in [1.82, 2.24) is 0 Å². The van der Waals surface area contributed by atoms with E-state index in [9.17, 15) is 4.79 Å². The predicted molar refractivity (Wildman–Crippen MR) is 77.3 cm³/mol. The van der Waals surface area contributed by atoms with E-state index in [1.807, 2.05) is 43.3 Å². The Morgan fingerprint density at radius 2 is 2.00 bits per heavy atom. The maximum atomic E-state index is 10.8. The number of carboxylic acids is 1. The van der Waals surface area contributed by atoms with E-state index in [-0.39, 0.29) is 6.42 Å². The molecule has 0 aliphatic rings. The van der Waals surface area contributed by atoms with Crippen LogP contribution < -0.4 is 5.32 Å². The number of nitrogens with one attached hydrogen (secondary N) is 1. The lowest BCUT2D eigenvalue weighted by atomic mass is 10.1. The van der Waals surface area contributed by atoms with Gasteiger partial charge in [0.25, 0.3) is 0 Å². The van der Waals surface area contributed by atoms with E-state index < -0.39 is 5.97 Å². The predicted octanol–water partition coefficient (Wildman–Crippen LogP) is 4.02. The van der Waals surface area contributed by atoms with Crippen molar-refractivity contribution in [2.75, 3.05) is 5.32 Å². The zero-order valence-electron chi connectivity index (χ0n) is 10.5. The van der Waals surface area contributed by atoms with Gasteiger partial charge in [-0.25, -0.2) is 0 Å². The van der Waals surface area contributed by atoms with Crippen LogP contribution in [0.3, 0.4) is 0 Å². The Bertz CT molecular complexity index is 591. The van der Waals surface area contributed by atoms with E-state index in [2.05, 4.69) is 5.32 Å². The molecule has 0 spiro atoms. The van der Waals surface area contributed by atoms with Crippen LogP contribution in [-0.2, 0) is 11.2 Å². The lowest BCUT2D eigenvalue weighted by molar-refractivity contribution is -0.136. The van der Waals surface area contributed by atoms with Gasteiger partial charge in [-0.2, -0.15) is 0 Å². The first kappa shape index (κ1) is 13.4. The fourth-order valence-electron chi connectivity index (χ4n) is 1.92. The SMILES string of the molecule is Cc1cc(Cl)cc(Nc2ccccc2CC(=O)O)c1. The minimum absolute atomic E-state index is 0.0112. The summed E-state index contributed by atoms with van der Waals surface area (Å²) in [4.78, 5) is 10.8. The molecule has 0 bridgehead atoms. The van der Waals surface area contributed by atoms with Crippen LogP contribution in [0.4, 0.5) is 11.4 Å². The molecule has 3 nitrogen and oxygen atoms in total. The first-order valence-electron chi connectivity index (χ1n) is 5.88. The first-order chi connectivity index (χ1) is 9.04. The zero-order chi connectivity index (χ0) is 13.8. The Kier molecular flexibility index (Phi) is 4.07. The minimum Gasteiger partial charge on any atom is -0.481 e. The molecule has 2 N–H and O–H groups in total. The smallest absolute Gasteiger partial charge is 0.307 e. The average molecular weight is 276 g/mol. The Hall–Kier alpha value is -2.00. The second-order valence-corrected chi connectivity index (χ2v) is 4.81. The molecule has 0 saturated heterocycles. The van der Waals surface area contributed by atoms with Crippen LogP contribution in [0.2, 0.25) is 5.02 Å². The molecule has 0 atom stereocenters. The standard InChI is InChI=1S/C15H14ClNO2/c1-10-6-12(16)9-13(7-10)17-14-5-3-2-4-11(14)8-15(18)19/h2-7,9,17H,8H2,1H3,(H,18,19). The number of benzene rings is 2. The molecule has 98 valence electrons. The molecule has 2 aromatic rings. The number of aliphatic carboxylic acids is 1. The summed E-state index contributed by atoms with van der Waals surface area (Å²) in [6, 6.07) is 13.0. The number of para-hydroxylation sites is 1. The van der Waals surface area contributed by atoms with Crippen LogP contribution in [-0.4, -0.2) is 11.1 Å². The minimum atomic E-state index is -0.850. The van der Waals surface area contributed by atoms with Crippen molar-refractivity contribution in [3.05, 3.63) is 58.6 Å². The fourth-order valence-corrected chi connectivity index (χ4v) is 2.21. The van der Waals surface area contributed by atoms with Gasteiger partial charge in [0.1, 0.15) is 0 Å². The molecular weight excluding hydrogens is 262 g/mol. The molecule has 4 heteroatoms. The zero-order valence-corrected chi connectivity index (χ0v) is 11.2. The number of anilines is 2. The molecule has 0 aliphatic carbocycles. The highest BCUT2D eigenvalue weighted by Gasteiger charge is 2.07. The summed E-state index contributed by atoms with van der Waals surface area (Å²) in [5.74, 6) is -0.850. The van der Waals surface area contributed by atoms with E-state index in [1.54, 1.807) is 6.07 Å². The summed E-state index contributed by atoms with van der Waals surface area (Å²) in [6.07, 6.45) is -0.0112. The van der Waals surface area contributed by atoms with Crippen LogP contribution in [0, 0.1) is 6.92 Å². The summed E-state index contributed by atoms with van der Waals surface area (Å²) in [5.41, 5.74) is 3.42. The van der Waals surface area contributed by atoms with Gasteiger partial charge < -0.3 is 10.4 Å². The lowest BCUT2D eigenvalue weighted by Gasteiger charge is -2.11. The van der Waals surface area contributed by atoms with Gasteiger partial charge in [0, 0.05) is 16.4 Å². The number of halogens is 1. The lowest BCUT2D eigenvalue weighted by Crippen LogP contribution is -2.03. The van der Waals surface area contributed by atoms with Gasteiger partial charge in [0.15, 0.2) is 0 Å². The van der Waals surface area contributed by atoms with Gasteiger partial charge in [-0.15, -0.1) is 0 Å². The number of carboxylic acid groups (broad SMARTS) is 1. The van der Waals surface area contributed by atoms with E-state index >= 15 is 0 Å². The molecule has 0 heterocycles. The van der Waals surface area contributed by atoms with Crippen molar-refractivity contribution in [1.29, 1.82) is 0 Å². The topological polar surface area (TPSA) is 49.3 Å². The van der Waals surface area contributed by atoms with Crippen molar-refractivity contribution in [3.63, 3.8) is 0 Å². The Labute approximate surface area is 116 Å². The van der Waals surface area contributed by atoms with Gasteiger partial charge in [-0.3, -0.25) is 4.79 Å². The van der Waals surface area contributed by atoms with Crippen LogP contribution in [0.5, 0.6) is 0 Å². The highest BCUT2D eigenvalue weighted by Crippen LogP contribution is 2.24. The summed E-state index contributed by atoms with van der Waals surface area (Å²) < 4.78 is 0. The molecule has 19 heavy (non-hydrogen) atoms. The molecule has 0 unspecified atom stereocenters. The first-order valence-corrected chi connectivity index (χ1v) is 6.26. The number of rotatable bonds is 4. The monoisotopic (exact) mass is 275 g/mol. The highest BCUT2D eigenvalue weighted by molar-refractivity contribution is 6.30. The summed E-state index contributed by atoms with van der Waals surface area (Å²) in [5, 5.41) is 12.8.